The number of H-pyrrole nitrogens is 1. The van der Waals surface area contributed by atoms with Crippen LogP contribution in [0.2, 0.25) is 0 Å². The van der Waals surface area contributed by atoms with E-state index in [1.165, 1.54) is 0 Å². The van der Waals surface area contributed by atoms with E-state index in [-0.39, 0.29) is 17.8 Å². The number of aromatic nitrogens is 1. The zero-order valence-electron chi connectivity index (χ0n) is 14.2. The van der Waals surface area contributed by atoms with Gasteiger partial charge in [-0.2, -0.15) is 0 Å². The first kappa shape index (κ1) is 17.3. The predicted octanol–water partition coefficient (Wildman–Crippen LogP) is 1.86. The average molecular weight is 346 g/mol. The molecule has 1 aromatic carbocycles. The fourth-order valence-corrected chi connectivity index (χ4v) is 3.19. The molecule has 0 spiro atoms. The van der Waals surface area contributed by atoms with Gasteiger partial charge >= 0.3 is 11.7 Å². The number of carbonyl (C=O) groups excluding carboxylic acids is 2. The molecule has 1 fully saturated rings. The van der Waals surface area contributed by atoms with Gasteiger partial charge in [0.1, 0.15) is 0 Å². The highest BCUT2D eigenvalue weighted by Gasteiger charge is 2.27. The maximum atomic E-state index is 12.4. The van der Waals surface area contributed by atoms with Crippen molar-refractivity contribution in [2.45, 2.75) is 32.6 Å². The van der Waals surface area contributed by atoms with E-state index in [0.717, 1.165) is 5.56 Å². The Labute approximate surface area is 144 Å². The van der Waals surface area contributed by atoms with Crippen LogP contribution in [0.4, 0.5) is 0 Å². The molecule has 0 aliphatic carbocycles. The molecule has 1 N–H and O–H groups in total. The molecule has 0 radical (unpaired) electrons. The monoisotopic (exact) mass is 346 g/mol. The molecule has 1 aliphatic heterocycles. The lowest BCUT2D eigenvalue weighted by atomic mass is 9.96. The summed E-state index contributed by atoms with van der Waals surface area (Å²) < 4.78 is 10.0. The van der Waals surface area contributed by atoms with Crippen LogP contribution in [0.5, 0.6) is 0 Å². The fraction of sp³-hybridized carbons (Fsp3) is 0.500. The first-order valence-corrected chi connectivity index (χ1v) is 8.63. The maximum Gasteiger partial charge on any atom is 0.417 e. The summed E-state index contributed by atoms with van der Waals surface area (Å²) in [6, 6.07) is 5.43. The van der Waals surface area contributed by atoms with Gasteiger partial charge in [0.05, 0.1) is 18.0 Å². The summed E-state index contributed by atoms with van der Waals surface area (Å²) in [6.07, 6.45) is 2.32. The Morgan fingerprint density at radius 3 is 2.80 bits per heavy atom. The summed E-state index contributed by atoms with van der Waals surface area (Å²) >= 11 is 0. The van der Waals surface area contributed by atoms with Crippen LogP contribution < -0.4 is 5.76 Å². The second-order valence-corrected chi connectivity index (χ2v) is 6.25. The Balaban J connectivity index is 1.50. The molecule has 0 atom stereocenters. The van der Waals surface area contributed by atoms with E-state index in [1.54, 1.807) is 13.0 Å². The van der Waals surface area contributed by atoms with Gasteiger partial charge in [-0.15, -0.1) is 0 Å². The number of aryl methyl sites for hydroxylation is 1. The lowest BCUT2D eigenvalue weighted by Crippen LogP contribution is -2.40. The zero-order chi connectivity index (χ0) is 17.8. The predicted molar refractivity (Wildman–Crippen MR) is 91.1 cm³/mol. The van der Waals surface area contributed by atoms with Crippen molar-refractivity contribution in [3.63, 3.8) is 0 Å². The third-order valence-corrected chi connectivity index (χ3v) is 4.58. The summed E-state index contributed by atoms with van der Waals surface area (Å²) in [5, 5.41) is 0. The van der Waals surface area contributed by atoms with Gasteiger partial charge in [-0.1, -0.05) is 6.07 Å². The van der Waals surface area contributed by atoms with E-state index in [2.05, 4.69) is 4.98 Å². The van der Waals surface area contributed by atoms with Crippen LogP contribution in [0, 0.1) is 5.92 Å². The van der Waals surface area contributed by atoms with E-state index < -0.39 is 5.76 Å². The van der Waals surface area contributed by atoms with Gasteiger partial charge in [0.25, 0.3) is 0 Å². The molecule has 1 aromatic heterocycles. The lowest BCUT2D eigenvalue weighted by molar-refractivity contribution is -0.151. The Morgan fingerprint density at radius 2 is 2.08 bits per heavy atom. The number of hydrogen-bond acceptors (Lipinski definition) is 5. The number of fused-ring (bicyclic) bond motifs is 1. The van der Waals surface area contributed by atoms with Crippen molar-refractivity contribution in [2.75, 3.05) is 19.7 Å². The molecule has 7 heteroatoms. The van der Waals surface area contributed by atoms with Crippen molar-refractivity contribution in [3.8, 4) is 0 Å². The number of carbonyl (C=O) groups is 2. The van der Waals surface area contributed by atoms with Crippen molar-refractivity contribution in [2.24, 2.45) is 5.92 Å². The Bertz CT molecular complexity index is 814. The summed E-state index contributed by atoms with van der Waals surface area (Å²) in [6.45, 7) is 3.38. The highest BCUT2D eigenvalue weighted by atomic mass is 16.5. The number of hydrogen-bond donors (Lipinski definition) is 1. The number of nitrogens with one attached hydrogen (secondary N) is 1. The highest BCUT2D eigenvalue weighted by Crippen LogP contribution is 2.20. The van der Waals surface area contributed by atoms with Gasteiger partial charge in [0.15, 0.2) is 5.58 Å². The molecule has 0 bridgehead atoms. The number of oxazole rings is 1. The minimum atomic E-state index is -0.479. The summed E-state index contributed by atoms with van der Waals surface area (Å²) in [4.78, 5) is 39.7. The number of esters is 1. The number of nitrogens with zero attached hydrogens (tertiary/aromatic N) is 1. The van der Waals surface area contributed by atoms with E-state index in [1.807, 2.05) is 17.0 Å². The van der Waals surface area contributed by atoms with Gasteiger partial charge in [-0.05, 0) is 43.9 Å². The quantitative estimate of drug-likeness (QED) is 0.834. The minimum absolute atomic E-state index is 0.0862. The summed E-state index contributed by atoms with van der Waals surface area (Å²) in [5.41, 5.74) is 2.13. The molecule has 134 valence electrons. The first-order chi connectivity index (χ1) is 12.1. The summed E-state index contributed by atoms with van der Waals surface area (Å²) in [7, 11) is 0. The smallest absolute Gasteiger partial charge is 0.417 e. The molecule has 1 amide bonds. The maximum absolute atomic E-state index is 12.4. The van der Waals surface area contributed by atoms with Gasteiger partial charge in [-0.25, -0.2) is 4.79 Å². The van der Waals surface area contributed by atoms with Crippen LogP contribution in [0.25, 0.3) is 11.1 Å². The molecule has 0 unspecified atom stereocenters. The van der Waals surface area contributed by atoms with Crippen molar-refractivity contribution >= 4 is 23.0 Å². The molecule has 1 aliphatic rings. The second-order valence-electron chi connectivity index (χ2n) is 6.25. The third kappa shape index (κ3) is 4.10. The normalized spacial score (nSPS) is 15.5. The first-order valence-electron chi connectivity index (χ1n) is 8.63. The molecule has 3 rings (SSSR count). The molecule has 0 saturated carbocycles. The topological polar surface area (TPSA) is 92.6 Å². The Kier molecular flexibility index (Phi) is 5.21. The molecule has 7 nitrogen and oxygen atoms in total. The number of aromatic amines is 1. The molecule has 1 saturated heterocycles. The SMILES string of the molecule is CCOC(=O)C1CCN(C(=O)CCc2ccc3oc(=O)[nH]c3c2)CC1. The molecule has 25 heavy (non-hydrogen) atoms. The number of rotatable bonds is 5. The van der Waals surface area contributed by atoms with E-state index in [0.29, 0.717) is 56.5 Å². The van der Waals surface area contributed by atoms with Gasteiger partial charge in [0, 0.05) is 19.5 Å². The van der Waals surface area contributed by atoms with Crippen LogP contribution in [-0.2, 0) is 20.7 Å². The van der Waals surface area contributed by atoms with Crippen LogP contribution in [-0.4, -0.2) is 41.5 Å². The largest absolute Gasteiger partial charge is 0.466 e. The van der Waals surface area contributed by atoms with Crippen molar-refractivity contribution < 1.29 is 18.7 Å². The van der Waals surface area contributed by atoms with Crippen molar-refractivity contribution in [1.29, 1.82) is 0 Å². The van der Waals surface area contributed by atoms with Crippen molar-refractivity contribution in [3.05, 3.63) is 34.3 Å². The highest BCUT2D eigenvalue weighted by molar-refractivity contribution is 5.78. The van der Waals surface area contributed by atoms with Crippen LogP contribution >= 0.6 is 0 Å². The van der Waals surface area contributed by atoms with Crippen LogP contribution in [0.1, 0.15) is 31.7 Å². The molecule has 2 heterocycles. The van der Waals surface area contributed by atoms with Crippen molar-refractivity contribution in [1.82, 2.24) is 9.88 Å². The van der Waals surface area contributed by atoms with Gasteiger partial charge < -0.3 is 14.1 Å². The second kappa shape index (κ2) is 7.55. The fourth-order valence-electron chi connectivity index (χ4n) is 3.19. The van der Waals surface area contributed by atoms with E-state index in [4.69, 9.17) is 9.15 Å². The Hall–Kier alpha value is -2.57. The number of amides is 1. The third-order valence-electron chi connectivity index (χ3n) is 4.58. The average Bonchev–Trinajstić information content (AvgIpc) is 2.99. The number of likely N-dealkylation sites (tertiary alicyclic amines) is 1. The van der Waals surface area contributed by atoms with Crippen LogP contribution in [0.3, 0.4) is 0 Å². The van der Waals surface area contributed by atoms with Gasteiger partial charge in [0.2, 0.25) is 5.91 Å². The number of piperidine rings is 1. The zero-order valence-corrected chi connectivity index (χ0v) is 14.2. The summed E-state index contributed by atoms with van der Waals surface area (Å²) in [5.74, 6) is -0.642. The van der Waals surface area contributed by atoms with Gasteiger partial charge in [-0.3, -0.25) is 14.6 Å². The Morgan fingerprint density at radius 1 is 1.32 bits per heavy atom. The van der Waals surface area contributed by atoms with Crippen LogP contribution in [0.15, 0.2) is 27.4 Å². The minimum Gasteiger partial charge on any atom is -0.466 e. The van der Waals surface area contributed by atoms with E-state index >= 15 is 0 Å². The molecular weight excluding hydrogens is 324 g/mol. The number of ether oxygens (including phenoxy) is 1. The standard InChI is InChI=1S/C18H22N2O5/c1-2-24-17(22)13-7-9-20(10-8-13)16(21)6-4-12-3-5-15-14(11-12)19-18(23)25-15/h3,5,11,13H,2,4,6-10H2,1H3,(H,19,23). The number of benzene rings is 1. The lowest BCUT2D eigenvalue weighted by Gasteiger charge is -2.31. The molecular formula is C18H22N2O5. The van der Waals surface area contributed by atoms with E-state index in [9.17, 15) is 14.4 Å². The molecule has 2 aromatic rings.